The number of fused-ring (bicyclic) bond motifs is 5. The molecule has 4 atom stereocenters. The van der Waals surface area contributed by atoms with Gasteiger partial charge < -0.3 is 0 Å². The molecule has 0 N–H and O–H groups in total. The van der Waals surface area contributed by atoms with Crippen molar-refractivity contribution < 1.29 is 13.8 Å². The van der Waals surface area contributed by atoms with Crippen molar-refractivity contribution in [3.63, 3.8) is 0 Å². The van der Waals surface area contributed by atoms with Crippen molar-refractivity contribution >= 4 is 12.0 Å². The molecular weight excluding hydrogens is 277 g/mol. The molecular formula is C19H21FNO+. The molecule has 0 spiro atoms. The minimum atomic E-state index is -0.294. The molecule has 2 bridgehead atoms. The number of hydrogen-bond acceptors (Lipinski definition) is 1. The molecule has 4 unspecified atom stereocenters. The predicted molar refractivity (Wildman–Crippen MR) is 83.7 cm³/mol. The van der Waals surface area contributed by atoms with Crippen molar-refractivity contribution in [1.29, 1.82) is 0 Å². The van der Waals surface area contributed by atoms with E-state index < -0.39 is 0 Å². The summed E-state index contributed by atoms with van der Waals surface area (Å²) in [6, 6.07) is 5.86. The highest BCUT2D eigenvalue weighted by molar-refractivity contribution is 5.95. The van der Waals surface area contributed by atoms with Crippen LogP contribution in [-0.2, 0) is 0 Å². The lowest BCUT2D eigenvalue weighted by molar-refractivity contribution is -0.522. The Morgan fingerprint density at radius 3 is 2.73 bits per heavy atom. The smallest absolute Gasteiger partial charge is 0.163 e. The number of hydrogen-bond donors (Lipinski definition) is 0. The van der Waals surface area contributed by atoms with Crippen LogP contribution in [-0.4, -0.2) is 29.7 Å². The molecule has 0 amide bonds. The van der Waals surface area contributed by atoms with Crippen LogP contribution in [0.15, 0.2) is 36.4 Å². The van der Waals surface area contributed by atoms with Crippen LogP contribution in [0.5, 0.6) is 0 Å². The zero-order chi connectivity index (χ0) is 15.1. The van der Waals surface area contributed by atoms with E-state index in [0.29, 0.717) is 12.0 Å². The fourth-order valence-electron chi connectivity index (χ4n) is 4.40. The van der Waals surface area contributed by atoms with Crippen LogP contribution in [0.3, 0.4) is 0 Å². The zero-order valence-corrected chi connectivity index (χ0v) is 12.6. The minimum Gasteiger partial charge on any atom is -0.294 e. The number of carbonyl (C=O) groups excluding carboxylic acids is 1. The summed E-state index contributed by atoms with van der Waals surface area (Å²) in [5.41, 5.74) is 0.617. The third-order valence-electron chi connectivity index (χ3n) is 5.53. The van der Waals surface area contributed by atoms with E-state index in [1.807, 2.05) is 0 Å². The first-order chi connectivity index (χ1) is 10.7. The highest BCUT2D eigenvalue weighted by atomic mass is 19.1. The van der Waals surface area contributed by atoms with E-state index in [1.165, 1.54) is 18.6 Å². The average Bonchev–Trinajstić information content (AvgIpc) is 3.20. The number of nitrogens with zero attached hydrogens (tertiary/aromatic N) is 1. The molecule has 3 aliphatic rings. The van der Waals surface area contributed by atoms with E-state index >= 15 is 0 Å². The summed E-state index contributed by atoms with van der Waals surface area (Å²) in [6.45, 7) is 2.11. The van der Waals surface area contributed by atoms with Gasteiger partial charge in [0.25, 0.3) is 0 Å². The highest BCUT2D eigenvalue weighted by Gasteiger charge is 2.50. The Bertz CT molecular complexity index is 646. The third kappa shape index (κ3) is 2.43. The van der Waals surface area contributed by atoms with Crippen LogP contribution >= 0.6 is 0 Å². The SMILES string of the molecule is O=C(CCC[N+]1=CC2C3C=CC(C3)C2C1)c1ccc(F)cc1. The number of allylic oxidation sites excluding steroid dienone is 2. The second-order valence-corrected chi connectivity index (χ2v) is 6.87. The second-order valence-electron chi connectivity index (χ2n) is 6.87. The van der Waals surface area contributed by atoms with Crippen molar-refractivity contribution in [3.8, 4) is 0 Å². The Morgan fingerprint density at radius 2 is 1.95 bits per heavy atom. The lowest BCUT2D eigenvalue weighted by Crippen LogP contribution is -2.20. The molecule has 1 aromatic carbocycles. The van der Waals surface area contributed by atoms with Crippen molar-refractivity contribution in [3.05, 3.63) is 47.8 Å². The number of benzene rings is 1. The van der Waals surface area contributed by atoms with Crippen LogP contribution in [0.1, 0.15) is 29.6 Å². The van der Waals surface area contributed by atoms with Crippen molar-refractivity contribution in [2.75, 3.05) is 13.1 Å². The van der Waals surface area contributed by atoms with Crippen LogP contribution in [0.25, 0.3) is 0 Å². The largest absolute Gasteiger partial charge is 0.294 e. The molecule has 0 aromatic heterocycles. The van der Waals surface area contributed by atoms with Gasteiger partial charge in [-0.25, -0.2) is 8.97 Å². The number of Topliss-reactive ketones (excluding diaryl/α,β-unsaturated/α-hetero) is 1. The molecule has 1 aliphatic heterocycles. The molecule has 22 heavy (non-hydrogen) atoms. The van der Waals surface area contributed by atoms with Gasteiger partial charge in [0, 0.05) is 24.3 Å². The predicted octanol–water partition coefficient (Wildman–Crippen LogP) is 3.32. The minimum absolute atomic E-state index is 0.112. The normalized spacial score (nSPS) is 31.4. The first kappa shape index (κ1) is 13.9. The van der Waals surface area contributed by atoms with Crippen molar-refractivity contribution in [2.24, 2.45) is 23.7 Å². The van der Waals surface area contributed by atoms with E-state index in [0.717, 1.165) is 43.2 Å². The molecule has 2 aliphatic carbocycles. The van der Waals surface area contributed by atoms with Gasteiger partial charge in [0.2, 0.25) is 0 Å². The summed E-state index contributed by atoms with van der Waals surface area (Å²) in [4.78, 5) is 12.1. The third-order valence-corrected chi connectivity index (χ3v) is 5.53. The second kappa shape index (κ2) is 5.45. The lowest BCUT2D eigenvalue weighted by Gasteiger charge is -2.14. The maximum Gasteiger partial charge on any atom is 0.163 e. The molecule has 0 radical (unpaired) electrons. The Kier molecular flexibility index (Phi) is 3.44. The van der Waals surface area contributed by atoms with E-state index in [4.69, 9.17) is 0 Å². The van der Waals surface area contributed by atoms with Crippen molar-refractivity contribution in [1.82, 2.24) is 0 Å². The first-order valence-electron chi connectivity index (χ1n) is 8.27. The van der Waals surface area contributed by atoms with Gasteiger partial charge in [-0.15, -0.1) is 0 Å². The lowest BCUT2D eigenvalue weighted by atomic mass is 9.86. The first-order valence-corrected chi connectivity index (χ1v) is 8.27. The van der Waals surface area contributed by atoms with Gasteiger partial charge in [0.1, 0.15) is 25.1 Å². The summed E-state index contributed by atoms with van der Waals surface area (Å²) >= 11 is 0. The van der Waals surface area contributed by atoms with Crippen LogP contribution in [0.2, 0.25) is 0 Å². The van der Waals surface area contributed by atoms with Gasteiger partial charge in [-0.1, -0.05) is 12.2 Å². The summed E-state index contributed by atoms with van der Waals surface area (Å²) in [5.74, 6) is 2.92. The van der Waals surface area contributed by atoms with Crippen LogP contribution in [0.4, 0.5) is 4.39 Å². The topological polar surface area (TPSA) is 20.1 Å². The molecule has 2 nitrogen and oxygen atoms in total. The molecule has 1 fully saturated rings. The fourth-order valence-corrected chi connectivity index (χ4v) is 4.40. The monoisotopic (exact) mass is 298 g/mol. The number of halogens is 1. The number of ketones is 1. The van der Waals surface area contributed by atoms with Gasteiger partial charge in [0.05, 0.1) is 5.92 Å². The Hall–Kier alpha value is -1.77. The van der Waals surface area contributed by atoms with Crippen molar-refractivity contribution in [2.45, 2.75) is 19.3 Å². The van der Waals surface area contributed by atoms with Crippen LogP contribution in [0, 0.1) is 29.5 Å². The van der Waals surface area contributed by atoms with Crippen LogP contribution < -0.4 is 0 Å². The van der Waals surface area contributed by atoms with Gasteiger partial charge in [-0.05, 0) is 42.5 Å². The molecule has 4 rings (SSSR count). The van der Waals surface area contributed by atoms with E-state index in [1.54, 1.807) is 12.1 Å². The summed E-state index contributed by atoms with van der Waals surface area (Å²) in [7, 11) is 0. The summed E-state index contributed by atoms with van der Waals surface area (Å²) in [6.07, 6.45) is 9.97. The summed E-state index contributed by atoms with van der Waals surface area (Å²) < 4.78 is 15.3. The molecule has 1 aromatic rings. The van der Waals surface area contributed by atoms with E-state index in [-0.39, 0.29) is 11.6 Å². The Labute approximate surface area is 130 Å². The maximum atomic E-state index is 12.9. The average molecular weight is 298 g/mol. The van der Waals surface area contributed by atoms with Gasteiger partial charge >= 0.3 is 0 Å². The molecule has 0 saturated heterocycles. The number of carbonyl (C=O) groups is 1. The fraction of sp³-hybridized carbons (Fsp3) is 0.474. The molecule has 3 heteroatoms. The molecule has 1 heterocycles. The summed E-state index contributed by atoms with van der Waals surface area (Å²) in [5, 5.41) is 0. The zero-order valence-electron chi connectivity index (χ0n) is 12.6. The van der Waals surface area contributed by atoms with E-state index in [9.17, 15) is 9.18 Å². The van der Waals surface area contributed by atoms with Gasteiger partial charge in [0.15, 0.2) is 5.78 Å². The van der Waals surface area contributed by atoms with Gasteiger partial charge in [-0.3, -0.25) is 4.79 Å². The quantitative estimate of drug-likeness (QED) is 0.464. The van der Waals surface area contributed by atoms with E-state index in [2.05, 4.69) is 22.9 Å². The number of rotatable bonds is 5. The standard InChI is InChI=1S/C19H21FNO/c20-16-7-5-13(6-8-16)19(22)2-1-9-21-11-17-14-3-4-15(10-14)18(17)12-21/h3-8,11,14-15,17-18H,1-2,9-10,12H2/q+1. The molecule has 1 saturated carbocycles. The Morgan fingerprint density at radius 1 is 1.18 bits per heavy atom. The maximum absolute atomic E-state index is 12.9. The highest BCUT2D eigenvalue weighted by Crippen LogP contribution is 2.48. The Balaban J connectivity index is 1.29. The molecule has 114 valence electrons. The van der Waals surface area contributed by atoms with Gasteiger partial charge in [-0.2, -0.15) is 0 Å².